The fourth-order valence-electron chi connectivity index (χ4n) is 3.91. The van der Waals surface area contributed by atoms with E-state index in [2.05, 4.69) is 47.2 Å². The minimum Gasteiger partial charge on any atom is -0.362 e. The Hall–Kier alpha value is -2.66. The van der Waals surface area contributed by atoms with Crippen LogP contribution in [0.3, 0.4) is 0 Å². The summed E-state index contributed by atoms with van der Waals surface area (Å²) in [4.78, 5) is 19.7. The first-order valence-corrected chi connectivity index (χ1v) is 11.1. The van der Waals surface area contributed by atoms with Gasteiger partial charge in [-0.15, -0.1) is 11.3 Å². The van der Waals surface area contributed by atoms with Gasteiger partial charge < -0.3 is 10.2 Å². The second kappa shape index (κ2) is 8.78. The number of rotatable bonds is 6. The van der Waals surface area contributed by atoms with Gasteiger partial charge in [-0.3, -0.25) is 4.79 Å². The van der Waals surface area contributed by atoms with Crippen LogP contribution < -0.4 is 10.2 Å². The molecule has 1 N–H and O–H groups in total. The fraction of sp³-hybridized carbons (Fsp3) is 0.333. The second-order valence-electron chi connectivity index (χ2n) is 7.85. The Bertz CT molecular complexity index is 954. The van der Waals surface area contributed by atoms with E-state index < -0.39 is 0 Å². The van der Waals surface area contributed by atoms with Crippen molar-refractivity contribution in [3.8, 4) is 0 Å². The van der Waals surface area contributed by atoms with Gasteiger partial charge in [0.2, 0.25) is 5.91 Å². The summed E-state index contributed by atoms with van der Waals surface area (Å²) in [6.07, 6.45) is 3.95. The predicted octanol–water partition coefficient (Wildman–Crippen LogP) is 4.92. The molecule has 2 heterocycles. The van der Waals surface area contributed by atoms with Gasteiger partial charge in [0.1, 0.15) is 11.0 Å². The lowest BCUT2D eigenvalue weighted by Gasteiger charge is -2.32. The van der Waals surface area contributed by atoms with Crippen molar-refractivity contribution in [1.82, 2.24) is 10.3 Å². The molecular weight excluding hydrogens is 378 g/mol. The van der Waals surface area contributed by atoms with E-state index in [1.807, 2.05) is 35.7 Å². The zero-order valence-electron chi connectivity index (χ0n) is 17.0. The summed E-state index contributed by atoms with van der Waals surface area (Å²) >= 11 is 1.57. The zero-order chi connectivity index (χ0) is 20.2. The number of aromatic nitrogens is 1. The maximum Gasteiger partial charge on any atom is 0.240 e. The summed E-state index contributed by atoms with van der Waals surface area (Å²) in [5.41, 5.74) is 4.97. The van der Waals surface area contributed by atoms with Gasteiger partial charge in [-0.25, -0.2) is 4.98 Å². The van der Waals surface area contributed by atoms with Gasteiger partial charge in [-0.2, -0.15) is 0 Å². The average Bonchev–Trinajstić information content (AvgIpc) is 3.27. The van der Waals surface area contributed by atoms with Crippen LogP contribution in [0.15, 0.2) is 60.1 Å². The number of thiazole rings is 1. The minimum atomic E-state index is -0.212. The third kappa shape index (κ3) is 4.51. The van der Waals surface area contributed by atoms with Crippen molar-refractivity contribution >= 4 is 22.9 Å². The number of carbonyl (C=O) groups excluding carboxylic acids is 1. The molecule has 0 saturated heterocycles. The molecule has 1 aliphatic heterocycles. The molecular formula is C24H27N3OS. The van der Waals surface area contributed by atoms with Crippen molar-refractivity contribution in [2.45, 2.75) is 38.6 Å². The smallest absolute Gasteiger partial charge is 0.240 e. The molecule has 0 fully saturated rings. The third-order valence-electron chi connectivity index (χ3n) is 5.46. The van der Waals surface area contributed by atoms with E-state index in [0.717, 1.165) is 30.0 Å². The van der Waals surface area contributed by atoms with Crippen molar-refractivity contribution in [3.05, 3.63) is 81.8 Å². The van der Waals surface area contributed by atoms with Gasteiger partial charge >= 0.3 is 0 Å². The SMILES string of the molecule is CC(C)c1ccc2c(c1)CCCN2CC(=O)NC(c1ccccc1)c1nccs1. The van der Waals surface area contributed by atoms with Crippen LogP contribution in [0.2, 0.25) is 0 Å². The summed E-state index contributed by atoms with van der Waals surface area (Å²) in [6, 6.07) is 16.5. The summed E-state index contributed by atoms with van der Waals surface area (Å²) in [6.45, 7) is 5.72. The van der Waals surface area contributed by atoms with E-state index in [4.69, 9.17) is 0 Å². The van der Waals surface area contributed by atoms with Crippen LogP contribution in [0, 0.1) is 0 Å². The van der Waals surface area contributed by atoms with Crippen LogP contribution in [0.4, 0.5) is 5.69 Å². The number of nitrogens with one attached hydrogen (secondary N) is 1. The van der Waals surface area contributed by atoms with Crippen LogP contribution in [0.5, 0.6) is 0 Å². The molecule has 4 rings (SSSR count). The molecule has 2 aromatic carbocycles. The predicted molar refractivity (Wildman–Crippen MR) is 120 cm³/mol. The molecule has 0 bridgehead atoms. The molecule has 3 aromatic rings. The number of anilines is 1. The number of amides is 1. The van der Waals surface area contributed by atoms with Crippen LogP contribution in [0.25, 0.3) is 0 Å². The number of benzene rings is 2. The Labute approximate surface area is 176 Å². The first kappa shape index (κ1) is 19.6. The molecule has 0 aliphatic carbocycles. The monoisotopic (exact) mass is 405 g/mol. The maximum atomic E-state index is 13.0. The number of fused-ring (bicyclic) bond motifs is 1. The molecule has 0 radical (unpaired) electrons. The van der Waals surface area contributed by atoms with Gasteiger partial charge in [0, 0.05) is 23.8 Å². The quantitative estimate of drug-likeness (QED) is 0.633. The highest BCUT2D eigenvalue weighted by molar-refractivity contribution is 7.09. The summed E-state index contributed by atoms with van der Waals surface area (Å²) in [5, 5.41) is 6.07. The summed E-state index contributed by atoms with van der Waals surface area (Å²) in [5.74, 6) is 0.541. The topological polar surface area (TPSA) is 45.2 Å². The molecule has 0 spiro atoms. The van der Waals surface area contributed by atoms with E-state index in [1.54, 1.807) is 17.5 Å². The van der Waals surface area contributed by atoms with Gasteiger partial charge in [0.05, 0.1) is 6.54 Å². The first-order valence-electron chi connectivity index (χ1n) is 10.2. The van der Waals surface area contributed by atoms with Crippen molar-refractivity contribution in [2.75, 3.05) is 18.0 Å². The Balaban J connectivity index is 1.51. The molecule has 0 saturated carbocycles. The molecule has 1 atom stereocenters. The Morgan fingerprint density at radius 2 is 2.00 bits per heavy atom. The number of hydrogen-bond acceptors (Lipinski definition) is 4. The van der Waals surface area contributed by atoms with Crippen molar-refractivity contribution in [1.29, 1.82) is 0 Å². The summed E-state index contributed by atoms with van der Waals surface area (Å²) in [7, 11) is 0. The second-order valence-corrected chi connectivity index (χ2v) is 8.78. The number of carbonyl (C=O) groups is 1. The minimum absolute atomic E-state index is 0.0230. The lowest BCUT2D eigenvalue weighted by Crippen LogP contribution is -2.41. The van der Waals surface area contributed by atoms with E-state index in [-0.39, 0.29) is 11.9 Å². The van der Waals surface area contributed by atoms with E-state index in [0.29, 0.717) is 12.5 Å². The van der Waals surface area contributed by atoms with Crippen LogP contribution in [0.1, 0.15) is 53.9 Å². The molecule has 150 valence electrons. The fourth-order valence-corrected chi connectivity index (χ4v) is 4.62. The molecule has 1 amide bonds. The third-order valence-corrected chi connectivity index (χ3v) is 6.30. The van der Waals surface area contributed by atoms with Gasteiger partial charge in [0.25, 0.3) is 0 Å². The summed E-state index contributed by atoms with van der Waals surface area (Å²) < 4.78 is 0. The lowest BCUT2D eigenvalue weighted by atomic mass is 9.95. The zero-order valence-corrected chi connectivity index (χ0v) is 17.8. The van der Waals surface area contributed by atoms with Crippen LogP contribution in [-0.4, -0.2) is 24.0 Å². The number of aryl methyl sites for hydroxylation is 1. The van der Waals surface area contributed by atoms with E-state index in [1.165, 1.54) is 16.8 Å². The molecule has 29 heavy (non-hydrogen) atoms. The van der Waals surface area contributed by atoms with Gasteiger partial charge in [-0.05, 0) is 41.5 Å². The largest absolute Gasteiger partial charge is 0.362 e. The van der Waals surface area contributed by atoms with Gasteiger partial charge in [0.15, 0.2) is 0 Å². The van der Waals surface area contributed by atoms with Crippen LogP contribution >= 0.6 is 11.3 Å². The lowest BCUT2D eigenvalue weighted by molar-refractivity contribution is -0.120. The van der Waals surface area contributed by atoms with E-state index in [9.17, 15) is 4.79 Å². The molecule has 1 aromatic heterocycles. The Morgan fingerprint density at radius 3 is 2.72 bits per heavy atom. The maximum absolute atomic E-state index is 13.0. The average molecular weight is 406 g/mol. The molecule has 1 unspecified atom stereocenters. The molecule has 5 heteroatoms. The normalized spacial score (nSPS) is 14.5. The van der Waals surface area contributed by atoms with Crippen LogP contribution in [-0.2, 0) is 11.2 Å². The molecule has 1 aliphatic rings. The van der Waals surface area contributed by atoms with Crippen molar-refractivity contribution in [3.63, 3.8) is 0 Å². The van der Waals surface area contributed by atoms with Crippen molar-refractivity contribution < 1.29 is 4.79 Å². The highest BCUT2D eigenvalue weighted by Crippen LogP contribution is 2.30. The highest BCUT2D eigenvalue weighted by atomic mass is 32.1. The number of nitrogens with zero attached hydrogens (tertiary/aromatic N) is 2. The number of hydrogen-bond donors (Lipinski definition) is 1. The Morgan fingerprint density at radius 1 is 1.17 bits per heavy atom. The molecule has 4 nitrogen and oxygen atoms in total. The van der Waals surface area contributed by atoms with Gasteiger partial charge in [-0.1, -0.05) is 56.3 Å². The standard InChI is InChI=1S/C24H27N3OS/c1-17(2)19-10-11-21-20(15-19)9-6-13-27(21)16-22(28)26-23(24-25-12-14-29-24)18-7-4-3-5-8-18/h3-5,7-8,10-12,14-15,17,23H,6,9,13,16H2,1-2H3,(H,26,28). The first-order chi connectivity index (χ1) is 14.1. The Kier molecular flexibility index (Phi) is 5.95. The van der Waals surface area contributed by atoms with E-state index >= 15 is 0 Å². The highest BCUT2D eigenvalue weighted by Gasteiger charge is 2.23. The van der Waals surface area contributed by atoms with Crippen molar-refractivity contribution in [2.24, 2.45) is 0 Å².